The van der Waals surface area contributed by atoms with Gasteiger partial charge in [0.05, 0.1) is 0 Å². The molecule has 2 amide bonds. The smallest absolute Gasteiger partial charge is 0.255 e. The van der Waals surface area contributed by atoms with Gasteiger partial charge in [0, 0.05) is 22.9 Å². The molecule has 0 spiro atoms. The third-order valence-corrected chi connectivity index (χ3v) is 3.73. The zero-order valence-corrected chi connectivity index (χ0v) is 12.7. The summed E-state index contributed by atoms with van der Waals surface area (Å²) in [5, 5.41) is 5.58. The van der Waals surface area contributed by atoms with Crippen molar-refractivity contribution in [3.05, 3.63) is 65.0 Å². The molecule has 3 rings (SSSR count). The Bertz CT molecular complexity index is 769. The Morgan fingerprint density at radius 3 is 2.48 bits per heavy atom. The number of carbonyl (C=O) groups is 2. The van der Waals surface area contributed by atoms with Crippen LogP contribution >= 0.6 is 0 Å². The maximum Gasteiger partial charge on any atom is 0.255 e. The van der Waals surface area contributed by atoms with Gasteiger partial charge in [0.25, 0.3) is 11.8 Å². The lowest BCUT2D eigenvalue weighted by atomic mass is 10.1. The maximum absolute atomic E-state index is 13.5. The molecule has 0 heterocycles. The van der Waals surface area contributed by atoms with E-state index in [-0.39, 0.29) is 17.5 Å². The number of aryl methyl sites for hydroxylation is 1. The van der Waals surface area contributed by atoms with E-state index in [4.69, 9.17) is 0 Å². The topological polar surface area (TPSA) is 58.2 Å². The minimum atomic E-state index is -0.421. The van der Waals surface area contributed by atoms with E-state index in [9.17, 15) is 14.0 Å². The van der Waals surface area contributed by atoms with Crippen molar-refractivity contribution in [3.8, 4) is 0 Å². The van der Waals surface area contributed by atoms with Crippen molar-refractivity contribution in [2.45, 2.75) is 25.8 Å². The molecule has 0 aromatic heterocycles. The van der Waals surface area contributed by atoms with Crippen LogP contribution in [0.25, 0.3) is 0 Å². The molecule has 1 aliphatic carbocycles. The third kappa shape index (κ3) is 3.74. The molecule has 2 aromatic carbocycles. The van der Waals surface area contributed by atoms with E-state index < -0.39 is 11.7 Å². The molecular weight excluding hydrogens is 295 g/mol. The average Bonchev–Trinajstić information content (AvgIpc) is 3.34. The number of nitrogens with one attached hydrogen (secondary N) is 2. The van der Waals surface area contributed by atoms with Crippen molar-refractivity contribution in [1.82, 2.24) is 5.32 Å². The Kier molecular flexibility index (Phi) is 4.10. The van der Waals surface area contributed by atoms with Crippen molar-refractivity contribution in [3.63, 3.8) is 0 Å². The molecule has 118 valence electrons. The SMILES string of the molecule is Cc1ccc(C(=O)Nc2cccc(C(=O)NC3CC3)c2)cc1F. The number of halogens is 1. The molecule has 1 fully saturated rings. The number of rotatable bonds is 4. The van der Waals surface area contributed by atoms with E-state index in [2.05, 4.69) is 10.6 Å². The molecule has 1 aliphatic rings. The van der Waals surface area contributed by atoms with Gasteiger partial charge >= 0.3 is 0 Å². The lowest BCUT2D eigenvalue weighted by Gasteiger charge is -2.08. The average molecular weight is 312 g/mol. The summed E-state index contributed by atoms with van der Waals surface area (Å²) in [5.41, 5.74) is 1.71. The van der Waals surface area contributed by atoms with Gasteiger partial charge in [0.2, 0.25) is 0 Å². The minimum Gasteiger partial charge on any atom is -0.349 e. The van der Waals surface area contributed by atoms with Crippen molar-refractivity contribution < 1.29 is 14.0 Å². The molecule has 5 heteroatoms. The molecule has 0 saturated heterocycles. The molecule has 2 aromatic rings. The Balaban J connectivity index is 1.72. The minimum absolute atomic E-state index is 0.148. The lowest BCUT2D eigenvalue weighted by Crippen LogP contribution is -2.25. The summed E-state index contributed by atoms with van der Waals surface area (Å²) < 4.78 is 13.5. The summed E-state index contributed by atoms with van der Waals surface area (Å²) in [7, 11) is 0. The zero-order chi connectivity index (χ0) is 16.4. The first kappa shape index (κ1) is 15.2. The highest BCUT2D eigenvalue weighted by Crippen LogP contribution is 2.20. The summed E-state index contributed by atoms with van der Waals surface area (Å²) in [6.07, 6.45) is 2.03. The quantitative estimate of drug-likeness (QED) is 0.910. The van der Waals surface area contributed by atoms with Crippen molar-refractivity contribution in [1.29, 1.82) is 0 Å². The highest BCUT2D eigenvalue weighted by Gasteiger charge is 2.23. The van der Waals surface area contributed by atoms with E-state index in [0.717, 1.165) is 12.8 Å². The predicted molar refractivity (Wildman–Crippen MR) is 86.0 cm³/mol. The normalized spacial score (nSPS) is 13.5. The van der Waals surface area contributed by atoms with E-state index in [0.29, 0.717) is 16.8 Å². The van der Waals surface area contributed by atoms with Crippen LogP contribution in [0.4, 0.5) is 10.1 Å². The van der Waals surface area contributed by atoms with Gasteiger partial charge in [0.15, 0.2) is 0 Å². The molecule has 2 N–H and O–H groups in total. The van der Waals surface area contributed by atoms with Crippen molar-refractivity contribution >= 4 is 17.5 Å². The summed E-state index contributed by atoms with van der Waals surface area (Å²) in [6, 6.07) is 11.3. The highest BCUT2D eigenvalue weighted by atomic mass is 19.1. The van der Waals surface area contributed by atoms with E-state index in [1.807, 2.05) is 0 Å². The standard InChI is InChI=1S/C18H17FN2O2/c1-11-5-6-13(10-16(11)19)18(23)21-15-4-2-3-12(9-15)17(22)20-14-7-8-14/h2-6,9-10,14H,7-8H2,1H3,(H,20,22)(H,21,23). The second kappa shape index (κ2) is 6.20. The van der Waals surface area contributed by atoms with E-state index in [1.54, 1.807) is 43.3 Å². The molecule has 0 atom stereocenters. The Hall–Kier alpha value is -2.69. The van der Waals surface area contributed by atoms with Crippen LogP contribution in [0.1, 0.15) is 39.1 Å². The van der Waals surface area contributed by atoms with Crippen molar-refractivity contribution in [2.24, 2.45) is 0 Å². The van der Waals surface area contributed by atoms with Gasteiger partial charge in [-0.25, -0.2) is 4.39 Å². The fraction of sp³-hybridized carbons (Fsp3) is 0.222. The molecule has 1 saturated carbocycles. The second-order valence-corrected chi connectivity index (χ2v) is 5.75. The number of anilines is 1. The van der Waals surface area contributed by atoms with Gasteiger partial charge < -0.3 is 10.6 Å². The highest BCUT2D eigenvalue weighted by molar-refractivity contribution is 6.05. The number of amides is 2. The molecule has 0 unspecified atom stereocenters. The molecule has 0 bridgehead atoms. The maximum atomic E-state index is 13.5. The first-order valence-corrected chi connectivity index (χ1v) is 7.51. The molecule has 0 aliphatic heterocycles. The number of hydrogen-bond acceptors (Lipinski definition) is 2. The summed E-state index contributed by atoms with van der Waals surface area (Å²) in [6.45, 7) is 1.64. The largest absolute Gasteiger partial charge is 0.349 e. The number of benzene rings is 2. The fourth-order valence-electron chi connectivity index (χ4n) is 2.17. The Morgan fingerprint density at radius 1 is 1.04 bits per heavy atom. The van der Waals surface area contributed by atoms with Crippen LogP contribution in [-0.4, -0.2) is 17.9 Å². The van der Waals surface area contributed by atoms with Crippen LogP contribution in [0, 0.1) is 12.7 Å². The van der Waals surface area contributed by atoms with Gasteiger partial charge in [-0.05, 0) is 55.7 Å². The van der Waals surface area contributed by atoms with E-state index in [1.165, 1.54) is 6.07 Å². The van der Waals surface area contributed by atoms with Crippen LogP contribution in [0.3, 0.4) is 0 Å². The van der Waals surface area contributed by atoms with Crippen LogP contribution in [-0.2, 0) is 0 Å². The van der Waals surface area contributed by atoms with Gasteiger partial charge in [-0.2, -0.15) is 0 Å². The van der Waals surface area contributed by atoms with E-state index >= 15 is 0 Å². The summed E-state index contributed by atoms with van der Waals surface area (Å²) in [4.78, 5) is 24.2. The molecule has 0 radical (unpaired) electrons. The number of hydrogen-bond donors (Lipinski definition) is 2. The lowest BCUT2D eigenvalue weighted by molar-refractivity contribution is 0.0949. The second-order valence-electron chi connectivity index (χ2n) is 5.75. The summed E-state index contributed by atoms with van der Waals surface area (Å²) in [5.74, 6) is -0.983. The summed E-state index contributed by atoms with van der Waals surface area (Å²) >= 11 is 0. The first-order valence-electron chi connectivity index (χ1n) is 7.51. The first-order chi connectivity index (χ1) is 11.0. The van der Waals surface area contributed by atoms with Gasteiger partial charge in [-0.15, -0.1) is 0 Å². The van der Waals surface area contributed by atoms with Crippen LogP contribution in [0.2, 0.25) is 0 Å². The Morgan fingerprint density at radius 2 is 1.78 bits per heavy atom. The Labute approximate surface area is 133 Å². The molecule has 23 heavy (non-hydrogen) atoms. The predicted octanol–water partition coefficient (Wildman–Crippen LogP) is 3.28. The molecule has 4 nitrogen and oxygen atoms in total. The third-order valence-electron chi connectivity index (χ3n) is 3.73. The monoisotopic (exact) mass is 312 g/mol. The zero-order valence-electron chi connectivity index (χ0n) is 12.7. The van der Waals surface area contributed by atoms with Crippen LogP contribution in [0.5, 0.6) is 0 Å². The van der Waals surface area contributed by atoms with Crippen LogP contribution in [0.15, 0.2) is 42.5 Å². The fourth-order valence-corrected chi connectivity index (χ4v) is 2.17. The van der Waals surface area contributed by atoms with Crippen LogP contribution < -0.4 is 10.6 Å². The van der Waals surface area contributed by atoms with Crippen molar-refractivity contribution in [2.75, 3.05) is 5.32 Å². The van der Waals surface area contributed by atoms with Gasteiger partial charge in [-0.3, -0.25) is 9.59 Å². The molecular formula is C18H17FN2O2. The van der Waals surface area contributed by atoms with Gasteiger partial charge in [0.1, 0.15) is 5.82 Å². The van der Waals surface area contributed by atoms with Gasteiger partial charge in [-0.1, -0.05) is 12.1 Å². The number of carbonyl (C=O) groups excluding carboxylic acids is 2.